The highest BCUT2D eigenvalue weighted by molar-refractivity contribution is 5.29. The zero-order chi connectivity index (χ0) is 23.2. The van der Waals surface area contributed by atoms with Crippen molar-refractivity contribution in [3.05, 3.63) is 65.2 Å². The highest BCUT2D eigenvalue weighted by Gasteiger charge is 2.24. The van der Waals surface area contributed by atoms with Crippen molar-refractivity contribution in [2.75, 3.05) is 46.4 Å². The Hall–Kier alpha value is -1.88. The lowest BCUT2D eigenvalue weighted by atomic mass is 9.88. The van der Waals surface area contributed by atoms with E-state index < -0.39 is 0 Å². The van der Waals surface area contributed by atoms with Crippen LogP contribution in [0, 0.1) is 0 Å². The first-order valence-corrected chi connectivity index (χ1v) is 12.9. The molecule has 0 spiro atoms. The molecule has 2 aromatic rings. The summed E-state index contributed by atoms with van der Waals surface area (Å²) in [6, 6.07) is 19.4. The van der Waals surface area contributed by atoms with Gasteiger partial charge in [0.15, 0.2) is 0 Å². The lowest BCUT2D eigenvalue weighted by molar-refractivity contribution is 0.104. The van der Waals surface area contributed by atoms with Gasteiger partial charge < -0.3 is 9.64 Å². The molecule has 0 radical (unpaired) electrons. The number of methoxy groups -OCH3 is 1. The van der Waals surface area contributed by atoms with Crippen molar-refractivity contribution in [2.45, 2.75) is 64.6 Å². The van der Waals surface area contributed by atoms with Crippen LogP contribution >= 0.6 is 0 Å². The van der Waals surface area contributed by atoms with Crippen molar-refractivity contribution in [3.63, 3.8) is 0 Å². The van der Waals surface area contributed by atoms with E-state index in [4.69, 9.17) is 4.74 Å². The molecule has 2 aliphatic rings. The molecule has 2 saturated heterocycles. The minimum atomic E-state index is 0.594. The Bertz CT molecular complexity index is 832. The van der Waals surface area contributed by atoms with Crippen molar-refractivity contribution in [1.82, 2.24) is 14.7 Å². The fourth-order valence-corrected chi connectivity index (χ4v) is 5.50. The number of hydrogen-bond donors (Lipinski definition) is 0. The molecule has 2 aromatic carbocycles. The molecule has 0 aliphatic carbocycles. The quantitative estimate of drug-likeness (QED) is 0.562. The topological polar surface area (TPSA) is 19.0 Å². The Morgan fingerprint density at radius 1 is 0.758 bits per heavy atom. The number of benzene rings is 2. The van der Waals surface area contributed by atoms with Gasteiger partial charge in [-0.1, -0.05) is 36.4 Å². The van der Waals surface area contributed by atoms with Crippen molar-refractivity contribution in [1.29, 1.82) is 0 Å². The molecule has 180 valence electrons. The van der Waals surface area contributed by atoms with Crippen LogP contribution in [0.1, 0.15) is 56.2 Å². The Morgan fingerprint density at radius 3 is 1.94 bits per heavy atom. The molecular weight excluding hydrogens is 406 g/mol. The number of hydrogen-bond acceptors (Lipinski definition) is 4. The predicted molar refractivity (Wildman–Crippen MR) is 138 cm³/mol. The first kappa shape index (κ1) is 24.3. The van der Waals surface area contributed by atoms with Crippen LogP contribution in [0.5, 0.6) is 5.75 Å². The van der Waals surface area contributed by atoms with Gasteiger partial charge in [0, 0.05) is 44.8 Å². The maximum Gasteiger partial charge on any atom is 0.118 e. The molecule has 0 amide bonds. The fourth-order valence-electron chi connectivity index (χ4n) is 5.50. The number of likely N-dealkylation sites (tertiary alicyclic amines) is 1. The monoisotopic (exact) mass is 449 g/mol. The van der Waals surface area contributed by atoms with Crippen LogP contribution in [0.15, 0.2) is 48.5 Å². The number of rotatable bonds is 8. The average molecular weight is 450 g/mol. The van der Waals surface area contributed by atoms with Gasteiger partial charge in [0.2, 0.25) is 0 Å². The number of piperazine rings is 1. The molecule has 0 N–H and O–H groups in total. The van der Waals surface area contributed by atoms with Crippen LogP contribution in [-0.4, -0.2) is 73.2 Å². The fraction of sp³-hybridized carbons (Fsp3) is 0.586. The smallest absolute Gasteiger partial charge is 0.118 e. The molecule has 4 nitrogen and oxygen atoms in total. The third kappa shape index (κ3) is 6.59. The Morgan fingerprint density at radius 2 is 1.36 bits per heavy atom. The molecule has 2 aliphatic heterocycles. The maximum atomic E-state index is 5.31. The second-order valence-electron chi connectivity index (χ2n) is 10.4. The lowest BCUT2D eigenvalue weighted by Crippen LogP contribution is -2.48. The number of ether oxygens (including phenoxy) is 1. The van der Waals surface area contributed by atoms with Gasteiger partial charge in [-0.05, 0) is 87.9 Å². The van der Waals surface area contributed by atoms with Gasteiger partial charge in [-0.3, -0.25) is 9.80 Å². The third-order valence-electron chi connectivity index (χ3n) is 7.84. The minimum absolute atomic E-state index is 0.594. The van der Waals surface area contributed by atoms with Gasteiger partial charge in [-0.15, -0.1) is 0 Å². The van der Waals surface area contributed by atoms with Crippen LogP contribution in [-0.2, 0) is 13.0 Å². The molecule has 0 bridgehead atoms. The van der Waals surface area contributed by atoms with Crippen molar-refractivity contribution in [2.24, 2.45) is 0 Å². The van der Waals surface area contributed by atoms with Crippen LogP contribution in [0.25, 0.3) is 0 Å². The summed E-state index contributed by atoms with van der Waals surface area (Å²) in [7, 11) is 1.73. The molecule has 0 aromatic heterocycles. The second-order valence-corrected chi connectivity index (χ2v) is 10.4. The van der Waals surface area contributed by atoms with E-state index in [1.54, 1.807) is 7.11 Å². The standard InChI is InChI=1S/C29H43N3O/c1-23(2)31-19-17-30(18-20-31)22-26-7-5-25(6-8-26)21-24(3)32-15-13-28(14-16-32)27-9-11-29(33-4)12-10-27/h5-12,23-24,28H,13-22H2,1-4H3. The van der Waals surface area contributed by atoms with E-state index >= 15 is 0 Å². The molecular formula is C29H43N3O. The van der Waals surface area contributed by atoms with Crippen LogP contribution in [0.2, 0.25) is 0 Å². The predicted octanol–water partition coefficient (Wildman–Crippen LogP) is 5.03. The lowest BCUT2D eigenvalue weighted by Gasteiger charge is -2.37. The zero-order valence-electron chi connectivity index (χ0n) is 21.2. The normalized spacial score (nSPS) is 20.3. The minimum Gasteiger partial charge on any atom is -0.497 e. The Kier molecular flexibility index (Phi) is 8.45. The first-order valence-electron chi connectivity index (χ1n) is 12.9. The highest BCUT2D eigenvalue weighted by Crippen LogP contribution is 2.30. The van der Waals surface area contributed by atoms with Gasteiger partial charge in [-0.2, -0.15) is 0 Å². The summed E-state index contributed by atoms with van der Waals surface area (Å²) in [6.45, 7) is 15.2. The van der Waals surface area contributed by atoms with E-state index in [0.717, 1.165) is 18.7 Å². The van der Waals surface area contributed by atoms with Crippen molar-refractivity contribution >= 4 is 0 Å². The molecule has 4 heteroatoms. The Balaban J connectivity index is 1.21. The van der Waals surface area contributed by atoms with Gasteiger partial charge in [0.1, 0.15) is 5.75 Å². The summed E-state index contributed by atoms with van der Waals surface area (Å²) in [5.41, 5.74) is 4.38. The summed E-state index contributed by atoms with van der Waals surface area (Å²) < 4.78 is 5.31. The van der Waals surface area contributed by atoms with Crippen molar-refractivity contribution < 1.29 is 4.74 Å². The largest absolute Gasteiger partial charge is 0.497 e. The van der Waals surface area contributed by atoms with Gasteiger partial charge in [-0.25, -0.2) is 0 Å². The molecule has 1 atom stereocenters. The molecule has 2 fully saturated rings. The van der Waals surface area contributed by atoms with Crippen LogP contribution < -0.4 is 4.74 Å². The second kappa shape index (κ2) is 11.5. The zero-order valence-corrected chi connectivity index (χ0v) is 21.2. The third-order valence-corrected chi connectivity index (χ3v) is 7.84. The molecule has 2 heterocycles. The van der Waals surface area contributed by atoms with E-state index in [0.29, 0.717) is 18.0 Å². The van der Waals surface area contributed by atoms with E-state index in [-0.39, 0.29) is 0 Å². The summed E-state index contributed by atoms with van der Waals surface area (Å²) >= 11 is 0. The maximum absolute atomic E-state index is 5.31. The molecule has 0 saturated carbocycles. The summed E-state index contributed by atoms with van der Waals surface area (Å²) in [5.74, 6) is 1.63. The average Bonchev–Trinajstić information content (AvgIpc) is 2.86. The highest BCUT2D eigenvalue weighted by atomic mass is 16.5. The Labute approximate surface area is 201 Å². The van der Waals surface area contributed by atoms with Crippen LogP contribution in [0.4, 0.5) is 0 Å². The summed E-state index contributed by atoms with van der Waals surface area (Å²) in [6.07, 6.45) is 3.64. The number of piperidine rings is 1. The van der Waals surface area contributed by atoms with E-state index in [1.165, 1.54) is 68.8 Å². The summed E-state index contributed by atoms with van der Waals surface area (Å²) in [4.78, 5) is 7.87. The van der Waals surface area contributed by atoms with E-state index in [9.17, 15) is 0 Å². The SMILES string of the molecule is COc1ccc(C2CCN(C(C)Cc3ccc(CN4CCN(C(C)C)CC4)cc3)CC2)cc1. The van der Waals surface area contributed by atoms with Gasteiger partial charge in [0.25, 0.3) is 0 Å². The number of nitrogens with zero attached hydrogens (tertiary/aromatic N) is 3. The summed E-state index contributed by atoms with van der Waals surface area (Å²) in [5, 5.41) is 0. The van der Waals surface area contributed by atoms with Gasteiger partial charge >= 0.3 is 0 Å². The van der Waals surface area contributed by atoms with Gasteiger partial charge in [0.05, 0.1) is 7.11 Å². The van der Waals surface area contributed by atoms with Crippen LogP contribution in [0.3, 0.4) is 0 Å². The van der Waals surface area contributed by atoms with E-state index in [1.807, 2.05) is 0 Å². The first-order chi connectivity index (χ1) is 16.0. The van der Waals surface area contributed by atoms with Crippen molar-refractivity contribution in [3.8, 4) is 5.75 Å². The molecule has 33 heavy (non-hydrogen) atoms. The molecule has 1 unspecified atom stereocenters. The molecule has 4 rings (SSSR count). The van der Waals surface area contributed by atoms with E-state index in [2.05, 4.69) is 84.0 Å².